The van der Waals surface area contributed by atoms with Gasteiger partial charge in [0.1, 0.15) is 5.75 Å². The summed E-state index contributed by atoms with van der Waals surface area (Å²) in [6, 6.07) is 9.73. The predicted molar refractivity (Wildman–Crippen MR) is 154 cm³/mol. The van der Waals surface area contributed by atoms with Gasteiger partial charge in [-0.2, -0.15) is 0 Å². The van der Waals surface area contributed by atoms with E-state index >= 15 is 0 Å². The van der Waals surface area contributed by atoms with Crippen LogP contribution in [0.5, 0.6) is 5.75 Å². The Morgan fingerprint density at radius 1 is 0.947 bits per heavy atom. The second-order valence-corrected chi connectivity index (χ2v) is 11.9. The first-order valence-corrected chi connectivity index (χ1v) is 14.5. The van der Waals surface area contributed by atoms with Gasteiger partial charge in [0.25, 0.3) is 5.91 Å². The summed E-state index contributed by atoms with van der Waals surface area (Å²) >= 11 is 7.24. The molecule has 3 aliphatic rings. The molecule has 2 aliphatic carbocycles. The fourth-order valence-electron chi connectivity index (χ4n) is 5.76. The van der Waals surface area contributed by atoms with Gasteiger partial charge >= 0.3 is 0 Å². The molecule has 0 saturated carbocycles. The highest BCUT2D eigenvalue weighted by atomic mass is 79.9. The van der Waals surface area contributed by atoms with Gasteiger partial charge in [-0.25, -0.2) is 0 Å². The van der Waals surface area contributed by atoms with Crippen LogP contribution < -0.4 is 10.1 Å². The minimum Gasteiger partial charge on any atom is -0.481 e. The lowest BCUT2D eigenvalue weighted by molar-refractivity contribution is -0.118. The van der Waals surface area contributed by atoms with Crippen molar-refractivity contribution >= 4 is 55.0 Å². The smallest absolute Gasteiger partial charge is 0.262 e. The number of nitrogens with one attached hydrogen (secondary N) is 1. The normalized spacial score (nSPS) is 18.0. The number of ether oxygens (including phenoxy) is 1. The summed E-state index contributed by atoms with van der Waals surface area (Å²) in [5.41, 5.74) is 7.22. The molecule has 6 nitrogen and oxygen atoms in total. The molecular weight excluding hydrogens is 612 g/mol. The van der Waals surface area contributed by atoms with Crippen LogP contribution >= 0.6 is 31.9 Å². The van der Waals surface area contributed by atoms with E-state index in [1.54, 1.807) is 0 Å². The number of amides is 1. The third kappa shape index (κ3) is 5.00. The van der Waals surface area contributed by atoms with Gasteiger partial charge in [0, 0.05) is 54.0 Å². The molecule has 38 heavy (non-hydrogen) atoms. The Balaban J connectivity index is 1.44. The Hall–Kier alpha value is -2.71. The maximum atomic E-state index is 13.2. The Morgan fingerprint density at radius 3 is 2.11 bits per heavy atom. The molecule has 0 saturated heterocycles. The van der Waals surface area contributed by atoms with Crippen LogP contribution in [0.2, 0.25) is 0 Å². The van der Waals surface area contributed by atoms with E-state index < -0.39 is 5.92 Å². The predicted octanol–water partition coefficient (Wildman–Crippen LogP) is 6.89. The highest BCUT2D eigenvalue weighted by molar-refractivity contribution is 9.11. The van der Waals surface area contributed by atoms with E-state index in [0.29, 0.717) is 27.5 Å². The molecule has 1 aliphatic heterocycles. The number of hydrogen-bond acceptors (Lipinski definition) is 5. The molecule has 1 amide bonds. The second kappa shape index (κ2) is 10.8. The van der Waals surface area contributed by atoms with E-state index in [2.05, 4.69) is 42.1 Å². The van der Waals surface area contributed by atoms with Crippen LogP contribution in [0.15, 0.2) is 61.8 Å². The van der Waals surface area contributed by atoms with E-state index in [1.165, 1.54) is 0 Å². The van der Waals surface area contributed by atoms with E-state index in [4.69, 9.17) is 4.74 Å². The maximum Gasteiger partial charge on any atom is 0.262 e. The molecule has 2 aromatic rings. The first-order chi connectivity index (χ1) is 18.2. The summed E-state index contributed by atoms with van der Waals surface area (Å²) in [6.45, 7) is 3.76. The molecule has 5 rings (SSSR count). The number of aryl methyl sites for hydroxylation is 2. The van der Waals surface area contributed by atoms with Crippen LogP contribution in [0.3, 0.4) is 0 Å². The highest BCUT2D eigenvalue weighted by Crippen LogP contribution is 2.50. The number of allylic oxidation sites excluding steroid dienone is 4. The van der Waals surface area contributed by atoms with Crippen molar-refractivity contribution in [1.82, 2.24) is 4.90 Å². The molecule has 2 aromatic carbocycles. The van der Waals surface area contributed by atoms with E-state index in [-0.39, 0.29) is 24.1 Å². The van der Waals surface area contributed by atoms with Crippen molar-refractivity contribution < 1.29 is 19.1 Å². The van der Waals surface area contributed by atoms with Crippen LogP contribution in [0.25, 0.3) is 0 Å². The molecule has 0 bridgehead atoms. The topological polar surface area (TPSA) is 75.7 Å². The molecule has 0 spiro atoms. The second-order valence-electron chi connectivity index (χ2n) is 10.2. The molecule has 8 heteroatoms. The zero-order chi connectivity index (χ0) is 27.1. The van der Waals surface area contributed by atoms with Crippen molar-refractivity contribution in [3.8, 4) is 5.75 Å². The first-order valence-electron chi connectivity index (χ1n) is 12.9. The number of benzene rings is 2. The Kier molecular flexibility index (Phi) is 7.65. The number of halogens is 2. The molecule has 0 atom stereocenters. The fourth-order valence-corrected chi connectivity index (χ4v) is 7.22. The van der Waals surface area contributed by atoms with E-state index in [1.807, 2.05) is 51.2 Å². The Labute approximate surface area is 239 Å². The van der Waals surface area contributed by atoms with Crippen LogP contribution in [0.4, 0.5) is 5.69 Å². The summed E-state index contributed by atoms with van der Waals surface area (Å²) in [5.74, 6) is 0.0618. The van der Waals surface area contributed by atoms with E-state index in [0.717, 1.165) is 70.6 Å². The van der Waals surface area contributed by atoms with Crippen molar-refractivity contribution in [2.45, 2.75) is 58.3 Å². The molecule has 198 valence electrons. The lowest BCUT2D eigenvalue weighted by Gasteiger charge is -2.42. The Morgan fingerprint density at radius 2 is 1.53 bits per heavy atom. The number of ketones is 2. The number of nitrogens with zero attached hydrogens (tertiary/aromatic N) is 1. The van der Waals surface area contributed by atoms with Gasteiger partial charge in [-0.15, -0.1) is 0 Å². The van der Waals surface area contributed by atoms with Crippen molar-refractivity contribution in [2.24, 2.45) is 0 Å². The van der Waals surface area contributed by atoms with Crippen molar-refractivity contribution in [3.63, 3.8) is 0 Å². The molecule has 0 unspecified atom stereocenters. The zero-order valence-corrected chi connectivity index (χ0v) is 24.9. The molecule has 1 N–H and O–H groups in total. The van der Waals surface area contributed by atoms with Gasteiger partial charge in [0.15, 0.2) is 18.2 Å². The van der Waals surface area contributed by atoms with Crippen LogP contribution in [0, 0.1) is 13.8 Å². The van der Waals surface area contributed by atoms with Gasteiger partial charge < -0.3 is 15.0 Å². The van der Waals surface area contributed by atoms with Crippen molar-refractivity contribution in [3.05, 3.63) is 78.5 Å². The maximum absolute atomic E-state index is 13.2. The van der Waals surface area contributed by atoms with Crippen LogP contribution in [0.1, 0.15) is 61.1 Å². The summed E-state index contributed by atoms with van der Waals surface area (Å²) in [7, 11) is 1.99. The average Bonchev–Trinajstić information content (AvgIpc) is 2.87. The monoisotopic (exact) mass is 640 g/mol. The fraction of sp³-hybridized carbons (Fsp3) is 0.367. The Bertz CT molecular complexity index is 1360. The third-order valence-corrected chi connectivity index (χ3v) is 8.79. The van der Waals surface area contributed by atoms with Gasteiger partial charge in [0.05, 0.1) is 8.95 Å². The van der Waals surface area contributed by atoms with Gasteiger partial charge in [0.2, 0.25) is 0 Å². The lowest BCUT2D eigenvalue weighted by atomic mass is 9.71. The lowest BCUT2D eigenvalue weighted by Crippen LogP contribution is -2.37. The molecule has 0 radical (unpaired) electrons. The van der Waals surface area contributed by atoms with Gasteiger partial charge in [-0.1, -0.05) is 12.1 Å². The highest BCUT2D eigenvalue weighted by Gasteiger charge is 2.42. The average molecular weight is 642 g/mol. The van der Waals surface area contributed by atoms with Gasteiger partial charge in [-0.05, 0) is 106 Å². The van der Waals surface area contributed by atoms with Crippen molar-refractivity contribution in [2.75, 3.05) is 19.0 Å². The van der Waals surface area contributed by atoms with E-state index in [9.17, 15) is 14.4 Å². The molecule has 0 aromatic heterocycles. The zero-order valence-electron chi connectivity index (χ0n) is 21.7. The van der Waals surface area contributed by atoms with Crippen molar-refractivity contribution in [1.29, 1.82) is 0 Å². The van der Waals surface area contributed by atoms with Crippen LogP contribution in [-0.2, 0) is 14.4 Å². The molecular formula is C30H30Br2N2O4. The number of carbonyl (C=O) groups excluding carboxylic acids is 3. The first kappa shape index (κ1) is 26.9. The summed E-state index contributed by atoms with van der Waals surface area (Å²) in [4.78, 5) is 41.2. The quantitative estimate of drug-likeness (QED) is 0.385. The SMILES string of the molecule is Cc1ccc(C)c(NC(=O)COc2c(Br)cc(C3C4=C(CCCC4=O)N(C)C4=C3C(=O)CCC4)cc2Br)c1. The largest absolute Gasteiger partial charge is 0.481 e. The number of rotatable bonds is 5. The third-order valence-electron chi connectivity index (χ3n) is 7.61. The molecule has 1 heterocycles. The van der Waals surface area contributed by atoms with Gasteiger partial charge in [-0.3, -0.25) is 14.4 Å². The number of hydrogen-bond donors (Lipinski definition) is 1. The molecule has 0 fully saturated rings. The number of Topliss-reactive ketones (excluding diaryl/α,β-unsaturated/α-hetero) is 2. The summed E-state index contributed by atoms with van der Waals surface area (Å²) in [6.07, 6.45) is 4.32. The summed E-state index contributed by atoms with van der Waals surface area (Å²) < 4.78 is 7.21. The number of carbonyl (C=O) groups is 3. The minimum absolute atomic E-state index is 0.115. The van der Waals surface area contributed by atoms with Crippen LogP contribution in [-0.4, -0.2) is 36.0 Å². The summed E-state index contributed by atoms with van der Waals surface area (Å²) in [5, 5.41) is 2.91. The standard InChI is InChI=1S/C30H30Br2N2O4/c1-16-10-11-17(2)21(12-16)33-26(37)15-38-30-19(31)13-18(14-20(30)32)27-28-22(6-4-8-24(28)35)34(3)23-7-5-9-25(36)29(23)27/h10-14,27H,4-9,15H2,1-3H3,(H,33,37). The number of anilines is 1. The minimum atomic E-state index is -0.397.